The monoisotopic (exact) mass is 336 g/mol. The first kappa shape index (κ1) is 19.5. The van der Waals surface area contributed by atoms with Crippen LogP contribution in [0.3, 0.4) is 0 Å². The van der Waals surface area contributed by atoms with Crippen molar-refractivity contribution in [2.75, 3.05) is 0 Å². The third-order valence-corrected chi connectivity index (χ3v) is 3.40. The Bertz CT molecular complexity index is 673. The molecule has 24 heavy (non-hydrogen) atoms. The molecule has 6 nitrogen and oxygen atoms in total. The summed E-state index contributed by atoms with van der Waals surface area (Å²) in [7, 11) is 0. The number of nitrogens with one attached hydrogen (secondary N) is 1. The lowest BCUT2D eigenvalue weighted by atomic mass is 10.0. The van der Waals surface area contributed by atoms with Crippen molar-refractivity contribution in [2.24, 2.45) is 0 Å². The molecule has 4 amide bonds. The molecule has 1 unspecified atom stereocenters. The predicted octanol–water partition coefficient (Wildman–Crippen LogP) is 2.28. The first-order chi connectivity index (χ1) is 11.5. The van der Waals surface area contributed by atoms with Crippen molar-refractivity contribution >= 4 is 23.6 Å². The van der Waals surface area contributed by atoms with E-state index < -0.39 is 35.5 Å². The molecule has 2 heterocycles. The van der Waals surface area contributed by atoms with Crippen LogP contribution in [-0.2, 0) is 9.59 Å². The van der Waals surface area contributed by atoms with Crippen molar-refractivity contribution in [1.29, 1.82) is 0 Å². The molecule has 1 fully saturated rings. The van der Waals surface area contributed by atoms with Gasteiger partial charge in [-0.05, 0) is 24.6 Å². The van der Waals surface area contributed by atoms with E-state index in [2.05, 4.69) is 5.32 Å². The van der Waals surface area contributed by atoms with Crippen LogP contribution in [-0.4, -0.2) is 34.6 Å². The van der Waals surface area contributed by atoms with Gasteiger partial charge in [-0.2, -0.15) is 0 Å². The molecule has 1 N–H and O–H groups in total. The van der Waals surface area contributed by atoms with Gasteiger partial charge in [0.25, 0.3) is 11.8 Å². The molecule has 0 bridgehead atoms. The molecule has 0 aromatic heterocycles. The Hall–Kier alpha value is -2.57. The van der Waals surface area contributed by atoms with Crippen LogP contribution in [0.4, 0.5) is 4.39 Å². The largest absolute Gasteiger partial charge is 0.295 e. The summed E-state index contributed by atoms with van der Waals surface area (Å²) in [4.78, 5) is 48.0. The maximum Gasteiger partial charge on any atom is 0.262 e. The van der Waals surface area contributed by atoms with E-state index in [1.807, 2.05) is 27.7 Å². The summed E-state index contributed by atoms with van der Waals surface area (Å²) in [6.45, 7) is 8.00. The van der Waals surface area contributed by atoms with Crippen LogP contribution in [0.2, 0.25) is 0 Å². The van der Waals surface area contributed by atoms with Crippen LogP contribution in [0.1, 0.15) is 61.3 Å². The van der Waals surface area contributed by atoms with Crippen LogP contribution in [0.5, 0.6) is 0 Å². The Balaban J connectivity index is 0.000000671. The number of carbonyl (C=O) groups excluding carboxylic acids is 4. The molecule has 0 radical (unpaired) electrons. The van der Waals surface area contributed by atoms with E-state index in [0.29, 0.717) is 0 Å². The summed E-state index contributed by atoms with van der Waals surface area (Å²) < 4.78 is 13.2. The lowest BCUT2D eigenvalue weighted by molar-refractivity contribution is -0.136. The second-order valence-electron chi connectivity index (χ2n) is 4.64. The number of nitrogens with zero attached hydrogens (tertiary/aromatic N) is 1. The molecule has 2 aliphatic rings. The average molecular weight is 336 g/mol. The second kappa shape index (κ2) is 8.33. The third kappa shape index (κ3) is 3.50. The SMILES string of the molecule is CC.CC.O=C1CCC(N2C(=O)c3ccc(F)cc3C2=O)C(=O)N1. The molecule has 130 valence electrons. The number of hydrogen-bond donors (Lipinski definition) is 1. The van der Waals surface area contributed by atoms with Crippen molar-refractivity contribution in [3.63, 3.8) is 0 Å². The Labute approximate surface area is 140 Å². The van der Waals surface area contributed by atoms with Gasteiger partial charge in [0.2, 0.25) is 11.8 Å². The maximum atomic E-state index is 13.2. The highest BCUT2D eigenvalue weighted by Gasteiger charge is 2.44. The van der Waals surface area contributed by atoms with Crippen molar-refractivity contribution < 1.29 is 23.6 Å². The molecule has 0 spiro atoms. The fraction of sp³-hybridized carbons (Fsp3) is 0.412. The average Bonchev–Trinajstić information content (AvgIpc) is 2.83. The zero-order valence-corrected chi connectivity index (χ0v) is 14.2. The lowest BCUT2D eigenvalue weighted by Crippen LogP contribution is -2.54. The molecule has 0 aliphatic carbocycles. The number of carbonyl (C=O) groups is 4. The van der Waals surface area contributed by atoms with E-state index in [0.717, 1.165) is 17.0 Å². The molecule has 1 aromatic carbocycles. The van der Waals surface area contributed by atoms with Gasteiger partial charge in [0.15, 0.2) is 0 Å². The highest BCUT2D eigenvalue weighted by Crippen LogP contribution is 2.27. The molecule has 7 heteroatoms. The summed E-state index contributed by atoms with van der Waals surface area (Å²) in [5.74, 6) is -3.10. The smallest absolute Gasteiger partial charge is 0.262 e. The number of amides is 4. The minimum atomic E-state index is -1.02. The lowest BCUT2D eigenvalue weighted by Gasteiger charge is -2.27. The fourth-order valence-electron chi connectivity index (χ4n) is 2.44. The molecule has 2 aliphatic heterocycles. The van der Waals surface area contributed by atoms with Crippen LogP contribution < -0.4 is 5.32 Å². The standard InChI is InChI=1S/C13H9FN2O4.2C2H6/c14-6-1-2-7-8(5-6)13(20)16(12(7)19)9-3-4-10(17)15-11(9)18;2*1-2/h1-2,5,9H,3-4H2,(H,15,17,18);2*1-2H3. The van der Waals surface area contributed by atoms with E-state index in [4.69, 9.17) is 0 Å². The van der Waals surface area contributed by atoms with Gasteiger partial charge in [0.1, 0.15) is 11.9 Å². The quantitative estimate of drug-likeness (QED) is 0.798. The summed E-state index contributed by atoms with van der Waals surface area (Å²) in [6, 6.07) is 2.25. The molecule has 1 saturated heterocycles. The summed E-state index contributed by atoms with van der Waals surface area (Å²) in [5, 5.41) is 2.09. The number of fused-ring (bicyclic) bond motifs is 1. The summed E-state index contributed by atoms with van der Waals surface area (Å²) in [6.07, 6.45) is 0.136. The van der Waals surface area contributed by atoms with Crippen molar-refractivity contribution in [3.05, 3.63) is 35.1 Å². The van der Waals surface area contributed by atoms with Gasteiger partial charge in [-0.3, -0.25) is 29.4 Å². The number of rotatable bonds is 1. The number of piperidine rings is 1. The zero-order chi connectivity index (χ0) is 18.4. The predicted molar refractivity (Wildman–Crippen MR) is 85.8 cm³/mol. The van der Waals surface area contributed by atoms with Crippen LogP contribution >= 0.6 is 0 Å². The van der Waals surface area contributed by atoms with Crippen LogP contribution in [0.25, 0.3) is 0 Å². The molecule has 3 rings (SSSR count). The summed E-state index contributed by atoms with van der Waals surface area (Å²) in [5.41, 5.74) is 0.0146. The number of imide groups is 2. The van der Waals surface area contributed by atoms with Gasteiger partial charge in [0, 0.05) is 6.42 Å². The molecule has 1 atom stereocenters. The minimum absolute atomic E-state index is 0.0537. The number of benzene rings is 1. The van der Waals surface area contributed by atoms with Gasteiger partial charge in [-0.15, -0.1) is 0 Å². The van der Waals surface area contributed by atoms with Gasteiger partial charge >= 0.3 is 0 Å². The third-order valence-electron chi connectivity index (χ3n) is 3.40. The number of halogens is 1. The van der Waals surface area contributed by atoms with E-state index >= 15 is 0 Å². The zero-order valence-electron chi connectivity index (χ0n) is 14.2. The highest BCUT2D eigenvalue weighted by molar-refractivity contribution is 6.23. The van der Waals surface area contributed by atoms with Crippen LogP contribution in [0, 0.1) is 5.82 Å². The molecule has 1 aromatic rings. The molecule has 0 saturated carbocycles. The Morgan fingerprint density at radius 3 is 2.17 bits per heavy atom. The Morgan fingerprint density at radius 2 is 1.58 bits per heavy atom. The van der Waals surface area contributed by atoms with E-state index in [9.17, 15) is 23.6 Å². The van der Waals surface area contributed by atoms with E-state index in [1.165, 1.54) is 6.07 Å². The topological polar surface area (TPSA) is 83.6 Å². The van der Waals surface area contributed by atoms with Crippen molar-refractivity contribution in [3.8, 4) is 0 Å². The minimum Gasteiger partial charge on any atom is -0.295 e. The highest BCUT2D eigenvalue weighted by atomic mass is 19.1. The van der Waals surface area contributed by atoms with Crippen molar-refractivity contribution in [2.45, 2.75) is 46.6 Å². The van der Waals surface area contributed by atoms with E-state index in [1.54, 1.807) is 0 Å². The van der Waals surface area contributed by atoms with Gasteiger partial charge in [-0.25, -0.2) is 4.39 Å². The molecular weight excluding hydrogens is 315 g/mol. The van der Waals surface area contributed by atoms with Crippen molar-refractivity contribution in [1.82, 2.24) is 10.2 Å². The van der Waals surface area contributed by atoms with Gasteiger partial charge in [0.05, 0.1) is 11.1 Å². The summed E-state index contributed by atoms with van der Waals surface area (Å²) >= 11 is 0. The Kier molecular flexibility index (Phi) is 6.76. The number of hydrogen-bond acceptors (Lipinski definition) is 4. The first-order valence-electron chi connectivity index (χ1n) is 8.00. The van der Waals surface area contributed by atoms with Gasteiger partial charge < -0.3 is 0 Å². The molecular formula is C17H21FN2O4. The normalized spacial score (nSPS) is 18.9. The second-order valence-corrected chi connectivity index (χ2v) is 4.64. The maximum absolute atomic E-state index is 13.2. The Morgan fingerprint density at radius 1 is 1.00 bits per heavy atom. The van der Waals surface area contributed by atoms with E-state index in [-0.39, 0.29) is 24.0 Å². The van der Waals surface area contributed by atoms with Gasteiger partial charge in [-0.1, -0.05) is 27.7 Å². The fourth-order valence-corrected chi connectivity index (χ4v) is 2.44. The van der Waals surface area contributed by atoms with Crippen LogP contribution in [0.15, 0.2) is 18.2 Å². The first-order valence-corrected chi connectivity index (χ1v) is 8.00.